The van der Waals surface area contributed by atoms with Crippen LogP contribution in [0.25, 0.3) is 16.9 Å². The molecule has 0 aliphatic rings. The minimum atomic E-state index is 0.463. The van der Waals surface area contributed by atoms with E-state index in [1.165, 1.54) is 0 Å². The van der Waals surface area contributed by atoms with Crippen LogP contribution >= 0.6 is 0 Å². The number of fused-ring (bicyclic) bond motifs is 1. The highest BCUT2D eigenvalue weighted by atomic mass is 16.4. The fraction of sp³-hybridized carbons (Fsp3) is 0. The molecular weight excluding hydrogens is 312 g/mol. The van der Waals surface area contributed by atoms with Gasteiger partial charge in [-0.1, -0.05) is 65.8 Å². The Kier molecular flexibility index (Phi) is 3.67. The second kappa shape index (κ2) is 6.13. The van der Waals surface area contributed by atoms with Gasteiger partial charge in [0.2, 0.25) is 0 Å². The second-order valence-electron chi connectivity index (χ2n) is 5.67. The number of aromatic nitrogens is 2. The van der Waals surface area contributed by atoms with Gasteiger partial charge in [0.25, 0.3) is 0 Å². The Morgan fingerprint density at radius 1 is 0.880 bits per heavy atom. The molecule has 0 fully saturated rings. The summed E-state index contributed by atoms with van der Waals surface area (Å²) in [6.45, 7) is 0. The van der Waals surface area contributed by atoms with E-state index in [1.54, 1.807) is 0 Å². The maximum absolute atomic E-state index is 9.53. The number of rotatable bonds is 3. The van der Waals surface area contributed by atoms with Crippen LogP contribution in [0.2, 0.25) is 0 Å². The van der Waals surface area contributed by atoms with Gasteiger partial charge < -0.3 is 10.9 Å². The van der Waals surface area contributed by atoms with Crippen LogP contribution in [0.15, 0.2) is 84.1 Å². The largest absolute Gasteiger partial charge is 0.410 e. The highest BCUT2D eigenvalue weighted by molar-refractivity contribution is 6.12. The summed E-state index contributed by atoms with van der Waals surface area (Å²) in [6.07, 6.45) is 1.89. The third kappa shape index (κ3) is 2.61. The SMILES string of the molecule is Nc1nc2ccc(/C(=N/O)c3ccccc3)cn2c1-c1ccccc1. The molecule has 0 spiro atoms. The molecule has 3 N–H and O–H groups in total. The van der Waals surface area contributed by atoms with Crippen molar-refractivity contribution in [2.75, 3.05) is 5.73 Å². The fourth-order valence-corrected chi connectivity index (χ4v) is 2.96. The molecule has 122 valence electrons. The zero-order chi connectivity index (χ0) is 17.2. The second-order valence-corrected chi connectivity index (χ2v) is 5.67. The first-order valence-electron chi connectivity index (χ1n) is 7.89. The maximum Gasteiger partial charge on any atom is 0.150 e. The van der Waals surface area contributed by atoms with E-state index in [9.17, 15) is 5.21 Å². The highest BCUT2D eigenvalue weighted by Crippen LogP contribution is 2.27. The van der Waals surface area contributed by atoms with Crippen LogP contribution in [-0.2, 0) is 0 Å². The van der Waals surface area contributed by atoms with E-state index in [2.05, 4.69) is 10.1 Å². The van der Waals surface area contributed by atoms with Crippen molar-refractivity contribution < 1.29 is 5.21 Å². The molecule has 0 bridgehead atoms. The number of hydrogen-bond donors (Lipinski definition) is 2. The van der Waals surface area contributed by atoms with Crippen molar-refractivity contribution in [2.24, 2.45) is 5.16 Å². The molecule has 0 amide bonds. The molecule has 0 aliphatic heterocycles. The van der Waals surface area contributed by atoms with Crippen molar-refractivity contribution in [1.82, 2.24) is 9.38 Å². The topological polar surface area (TPSA) is 75.9 Å². The van der Waals surface area contributed by atoms with E-state index in [-0.39, 0.29) is 0 Å². The Morgan fingerprint density at radius 3 is 2.24 bits per heavy atom. The number of nitrogens with two attached hydrogens (primary N) is 1. The summed E-state index contributed by atoms with van der Waals surface area (Å²) >= 11 is 0. The number of hydrogen-bond acceptors (Lipinski definition) is 4. The number of nitrogens with zero attached hydrogens (tertiary/aromatic N) is 3. The lowest BCUT2D eigenvalue weighted by atomic mass is 10.0. The predicted octanol–water partition coefficient (Wildman–Crippen LogP) is 3.81. The smallest absolute Gasteiger partial charge is 0.150 e. The van der Waals surface area contributed by atoms with E-state index >= 15 is 0 Å². The summed E-state index contributed by atoms with van der Waals surface area (Å²) in [5.41, 5.74) is 10.8. The third-order valence-electron chi connectivity index (χ3n) is 4.11. The van der Waals surface area contributed by atoms with E-state index in [1.807, 2.05) is 83.4 Å². The first-order chi connectivity index (χ1) is 12.3. The standard InChI is InChI=1S/C20H16N4O/c21-20-19(15-9-5-2-6-10-15)24-13-16(11-12-17(24)22-20)18(23-25)14-7-3-1-4-8-14/h1-13,25H,21H2/b23-18+. The van der Waals surface area contributed by atoms with Crippen molar-refractivity contribution in [1.29, 1.82) is 0 Å². The minimum absolute atomic E-state index is 0.463. The zero-order valence-corrected chi connectivity index (χ0v) is 13.4. The van der Waals surface area contributed by atoms with Gasteiger partial charge in [-0.15, -0.1) is 0 Å². The van der Waals surface area contributed by atoms with Gasteiger partial charge in [0.1, 0.15) is 11.4 Å². The van der Waals surface area contributed by atoms with Crippen LogP contribution in [0.4, 0.5) is 5.82 Å². The Labute approximate surface area is 144 Å². The van der Waals surface area contributed by atoms with Gasteiger partial charge in [0, 0.05) is 22.9 Å². The average Bonchev–Trinajstić information content (AvgIpc) is 2.99. The Bertz CT molecular complexity index is 1050. The molecule has 0 unspecified atom stereocenters. The molecule has 4 rings (SSSR count). The van der Waals surface area contributed by atoms with Crippen LogP contribution in [0.1, 0.15) is 11.1 Å². The normalized spacial score (nSPS) is 11.8. The lowest BCUT2D eigenvalue weighted by Gasteiger charge is -2.08. The van der Waals surface area contributed by atoms with Gasteiger partial charge in [-0.3, -0.25) is 4.40 Å². The molecule has 0 radical (unpaired) electrons. The van der Waals surface area contributed by atoms with E-state index < -0.39 is 0 Å². The monoisotopic (exact) mass is 328 g/mol. The maximum atomic E-state index is 9.53. The van der Waals surface area contributed by atoms with E-state index in [0.717, 1.165) is 28.0 Å². The summed E-state index contributed by atoms with van der Waals surface area (Å²) in [6, 6.07) is 23.1. The van der Waals surface area contributed by atoms with Crippen LogP contribution in [0.3, 0.4) is 0 Å². The number of anilines is 1. The van der Waals surface area contributed by atoms with E-state index in [0.29, 0.717) is 11.5 Å². The number of imidazole rings is 1. The molecule has 2 aromatic heterocycles. The molecule has 4 aromatic rings. The summed E-state index contributed by atoms with van der Waals surface area (Å²) in [4.78, 5) is 4.43. The molecular formula is C20H16N4O. The molecule has 0 atom stereocenters. The number of pyridine rings is 1. The van der Waals surface area contributed by atoms with Gasteiger partial charge in [0.15, 0.2) is 5.82 Å². The van der Waals surface area contributed by atoms with Crippen molar-refractivity contribution in [3.8, 4) is 11.3 Å². The molecule has 25 heavy (non-hydrogen) atoms. The Hall–Kier alpha value is -3.60. The quantitative estimate of drug-likeness (QED) is 0.341. The molecule has 0 aliphatic carbocycles. The first kappa shape index (κ1) is 15.0. The first-order valence-corrected chi connectivity index (χ1v) is 7.89. The third-order valence-corrected chi connectivity index (χ3v) is 4.11. The Morgan fingerprint density at radius 2 is 1.56 bits per heavy atom. The highest BCUT2D eigenvalue weighted by Gasteiger charge is 2.14. The summed E-state index contributed by atoms with van der Waals surface area (Å²) in [5.74, 6) is 0.463. The van der Waals surface area contributed by atoms with Gasteiger partial charge in [-0.05, 0) is 12.1 Å². The van der Waals surface area contributed by atoms with Crippen molar-refractivity contribution in [3.05, 3.63) is 90.1 Å². The number of nitrogen functional groups attached to an aromatic ring is 1. The van der Waals surface area contributed by atoms with Gasteiger partial charge >= 0.3 is 0 Å². The average molecular weight is 328 g/mol. The molecule has 2 aromatic carbocycles. The van der Waals surface area contributed by atoms with Gasteiger partial charge in [-0.2, -0.15) is 0 Å². The van der Waals surface area contributed by atoms with Crippen LogP contribution in [-0.4, -0.2) is 20.3 Å². The minimum Gasteiger partial charge on any atom is -0.410 e. The van der Waals surface area contributed by atoms with Crippen molar-refractivity contribution in [3.63, 3.8) is 0 Å². The number of oxime groups is 1. The lowest BCUT2D eigenvalue weighted by Crippen LogP contribution is -2.05. The summed E-state index contributed by atoms with van der Waals surface area (Å²) in [5, 5.41) is 13.0. The van der Waals surface area contributed by atoms with E-state index in [4.69, 9.17) is 5.73 Å². The van der Waals surface area contributed by atoms with Crippen molar-refractivity contribution >= 4 is 17.2 Å². The molecule has 2 heterocycles. The van der Waals surface area contributed by atoms with Crippen molar-refractivity contribution in [2.45, 2.75) is 0 Å². The van der Waals surface area contributed by atoms with Crippen LogP contribution in [0, 0.1) is 0 Å². The summed E-state index contributed by atoms with van der Waals surface area (Å²) in [7, 11) is 0. The number of benzene rings is 2. The molecule has 5 heteroatoms. The van der Waals surface area contributed by atoms with Gasteiger partial charge in [-0.25, -0.2) is 4.98 Å². The summed E-state index contributed by atoms with van der Waals surface area (Å²) < 4.78 is 1.92. The van der Waals surface area contributed by atoms with Gasteiger partial charge in [0.05, 0.1) is 5.69 Å². The predicted molar refractivity (Wildman–Crippen MR) is 98.9 cm³/mol. The van der Waals surface area contributed by atoms with Crippen LogP contribution in [0.5, 0.6) is 0 Å². The Balaban J connectivity index is 1.91. The fourth-order valence-electron chi connectivity index (χ4n) is 2.96. The lowest BCUT2D eigenvalue weighted by molar-refractivity contribution is 0.319. The zero-order valence-electron chi connectivity index (χ0n) is 13.4. The molecule has 0 saturated heterocycles. The molecule has 5 nitrogen and oxygen atoms in total. The van der Waals surface area contributed by atoms with Crippen LogP contribution < -0.4 is 5.73 Å². The molecule has 0 saturated carbocycles.